The minimum Gasteiger partial charge on any atom is -0.342 e. The van der Waals surface area contributed by atoms with Crippen molar-refractivity contribution in [1.82, 2.24) is 15.1 Å². The lowest BCUT2D eigenvalue weighted by molar-refractivity contribution is -0.137. The Morgan fingerprint density at radius 2 is 1.94 bits per heavy atom. The van der Waals surface area contributed by atoms with Gasteiger partial charge in [0.05, 0.1) is 5.92 Å². The zero-order valence-electron chi connectivity index (χ0n) is 11.5. The fourth-order valence-electron chi connectivity index (χ4n) is 2.91. The molecule has 0 aromatic rings. The Kier molecular flexibility index (Phi) is 6.39. The van der Waals surface area contributed by atoms with E-state index >= 15 is 0 Å². The molecule has 0 saturated carbocycles. The standard InChI is InChI=1S/C13H25N3O.ClH/c1-15-8-5-12(6-9-15)16(2)13(17)11-4-3-7-14-10-11;/h11-12,14H,3-10H2,1-2H3;1H. The molecule has 1 atom stereocenters. The van der Waals surface area contributed by atoms with Gasteiger partial charge in [-0.1, -0.05) is 0 Å². The number of nitrogens with one attached hydrogen (secondary N) is 1. The Morgan fingerprint density at radius 3 is 2.50 bits per heavy atom. The SMILES string of the molecule is CN1CCC(N(C)C(=O)C2CCCNC2)CC1.Cl. The number of likely N-dealkylation sites (tertiary alicyclic amines) is 1. The first kappa shape index (κ1) is 15.7. The molecule has 2 heterocycles. The number of rotatable bonds is 2. The maximum atomic E-state index is 12.4. The summed E-state index contributed by atoms with van der Waals surface area (Å²) in [6.07, 6.45) is 4.44. The Balaban J connectivity index is 0.00000162. The molecule has 4 nitrogen and oxygen atoms in total. The minimum absolute atomic E-state index is 0. The minimum atomic E-state index is 0. The van der Waals surface area contributed by atoms with Crippen molar-refractivity contribution >= 4 is 18.3 Å². The molecule has 0 aromatic carbocycles. The lowest BCUT2D eigenvalue weighted by Gasteiger charge is -2.37. The summed E-state index contributed by atoms with van der Waals surface area (Å²) >= 11 is 0. The summed E-state index contributed by atoms with van der Waals surface area (Å²) < 4.78 is 0. The second-order valence-electron chi connectivity index (χ2n) is 5.53. The third-order valence-corrected chi connectivity index (χ3v) is 4.23. The second-order valence-corrected chi connectivity index (χ2v) is 5.53. The third kappa shape index (κ3) is 3.84. The maximum Gasteiger partial charge on any atom is 0.226 e. The van der Waals surface area contributed by atoms with Gasteiger partial charge in [0.25, 0.3) is 0 Å². The van der Waals surface area contributed by atoms with Crippen LogP contribution in [0.1, 0.15) is 25.7 Å². The number of carbonyl (C=O) groups excluding carboxylic acids is 1. The summed E-state index contributed by atoms with van der Waals surface area (Å²) in [5, 5.41) is 3.32. The Bertz CT molecular complexity index is 261. The molecule has 106 valence electrons. The van der Waals surface area contributed by atoms with Gasteiger partial charge in [-0.2, -0.15) is 0 Å². The smallest absolute Gasteiger partial charge is 0.226 e. The number of hydrogen-bond acceptors (Lipinski definition) is 3. The Labute approximate surface area is 116 Å². The molecule has 0 radical (unpaired) electrons. The van der Waals surface area contributed by atoms with E-state index in [0.717, 1.165) is 51.9 Å². The van der Waals surface area contributed by atoms with Gasteiger partial charge in [-0.15, -0.1) is 12.4 Å². The zero-order chi connectivity index (χ0) is 12.3. The number of carbonyl (C=O) groups is 1. The van der Waals surface area contributed by atoms with Crippen LogP contribution in [0.25, 0.3) is 0 Å². The van der Waals surface area contributed by atoms with Crippen LogP contribution in [0.5, 0.6) is 0 Å². The molecule has 0 aromatic heterocycles. The number of hydrogen-bond donors (Lipinski definition) is 1. The molecule has 5 heteroatoms. The van der Waals surface area contributed by atoms with Crippen LogP contribution in [-0.4, -0.2) is 62.0 Å². The van der Waals surface area contributed by atoms with Crippen LogP contribution >= 0.6 is 12.4 Å². The normalized spacial score (nSPS) is 26.4. The molecule has 0 spiro atoms. The monoisotopic (exact) mass is 275 g/mol. The van der Waals surface area contributed by atoms with E-state index < -0.39 is 0 Å². The number of piperidine rings is 2. The lowest BCUT2D eigenvalue weighted by Crippen LogP contribution is -2.48. The zero-order valence-corrected chi connectivity index (χ0v) is 12.3. The van der Waals surface area contributed by atoms with Crippen molar-refractivity contribution in [1.29, 1.82) is 0 Å². The first-order chi connectivity index (χ1) is 8.18. The summed E-state index contributed by atoms with van der Waals surface area (Å²) in [6, 6.07) is 0.459. The number of nitrogens with zero attached hydrogens (tertiary/aromatic N) is 2. The van der Waals surface area contributed by atoms with E-state index in [-0.39, 0.29) is 18.3 Å². The first-order valence-corrected chi connectivity index (χ1v) is 6.84. The van der Waals surface area contributed by atoms with Crippen molar-refractivity contribution in [2.75, 3.05) is 40.3 Å². The van der Waals surface area contributed by atoms with E-state index in [0.29, 0.717) is 11.9 Å². The van der Waals surface area contributed by atoms with Gasteiger partial charge in [-0.25, -0.2) is 0 Å². The molecule has 1 N–H and O–H groups in total. The van der Waals surface area contributed by atoms with E-state index in [9.17, 15) is 4.79 Å². The van der Waals surface area contributed by atoms with Crippen molar-refractivity contribution in [3.63, 3.8) is 0 Å². The highest BCUT2D eigenvalue weighted by molar-refractivity contribution is 5.85. The van der Waals surface area contributed by atoms with Gasteiger partial charge in [-0.05, 0) is 52.4 Å². The molecule has 0 bridgehead atoms. The van der Waals surface area contributed by atoms with Crippen LogP contribution in [-0.2, 0) is 4.79 Å². The molecule has 1 unspecified atom stereocenters. The van der Waals surface area contributed by atoms with E-state index in [1.807, 2.05) is 11.9 Å². The Morgan fingerprint density at radius 1 is 1.28 bits per heavy atom. The highest BCUT2D eigenvalue weighted by Crippen LogP contribution is 2.19. The molecule has 2 saturated heterocycles. The van der Waals surface area contributed by atoms with Gasteiger partial charge >= 0.3 is 0 Å². The second kappa shape index (κ2) is 7.31. The quantitative estimate of drug-likeness (QED) is 0.816. The van der Waals surface area contributed by atoms with Crippen molar-refractivity contribution < 1.29 is 4.79 Å². The highest BCUT2D eigenvalue weighted by Gasteiger charge is 2.29. The van der Waals surface area contributed by atoms with E-state index in [2.05, 4.69) is 17.3 Å². The van der Waals surface area contributed by atoms with Crippen LogP contribution in [0, 0.1) is 5.92 Å². The van der Waals surface area contributed by atoms with Gasteiger partial charge in [0.15, 0.2) is 0 Å². The van der Waals surface area contributed by atoms with Crippen molar-refractivity contribution in [2.24, 2.45) is 5.92 Å². The largest absolute Gasteiger partial charge is 0.342 e. The Hall–Kier alpha value is -0.320. The fourth-order valence-corrected chi connectivity index (χ4v) is 2.91. The topological polar surface area (TPSA) is 35.6 Å². The summed E-state index contributed by atoms with van der Waals surface area (Å²) in [4.78, 5) is 16.7. The van der Waals surface area contributed by atoms with Crippen molar-refractivity contribution in [3.05, 3.63) is 0 Å². The van der Waals surface area contributed by atoms with Gasteiger partial charge < -0.3 is 15.1 Å². The molecular weight excluding hydrogens is 250 g/mol. The fraction of sp³-hybridized carbons (Fsp3) is 0.923. The molecule has 2 fully saturated rings. The van der Waals surface area contributed by atoms with Gasteiger partial charge in [0, 0.05) is 19.6 Å². The number of halogens is 1. The van der Waals surface area contributed by atoms with Crippen LogP contribution in [0.15, 0.2) is 0 Å². The van der Waals surface area contributed by atoms with Gasteiger partial charge in [0.2, 0.25) is 5.91 Å². The third-order valence-electron chi connectivity index (χ3n) is 4.23. The first-order valence-electron chi connectivity index (χ1n) is 6.84. The number of amides is 1. The summed E-state index contributed by atoms with van der Waals surface area (Å²) in [6.45, 7) is 4.17. The van der Waals surface area contributed by atoms with Gasteiger partial charge in [-0.3, -0.25) is 4.79 Å². The van der Waals surface area contributed by atoms with Gasteiger partial charge in [0.1, 0.15) is 0 Å². The molecule has 2 aliphatic heterocycles. The summed E-state index contributed by atoms with van der Waals surface area (Å²) in [5.41, 5.74) is 0. The molecule has 0 aliphatic carbocycles. The average Bonchev–Trinajstić information content (AvgIpc) is 2.39. The molecular formula is C13H26ClN3O. The molecule has 1 amide bonds. The predicted octanol–water partition coefficient (Wildman–Crippen LogP) is 0.960. The van der Waals surface area contributed by atoms with Crippen molar-refractivity contribution in [3.8, 4) is 0 Å². The maximum absolute atomic E-state index is 12.4. The van der Waals surface area contributed by atoms with Crippen molar-refractivity contribution in [2.45, 2.75) is 31.7 Å². The van der Waals surface area contributed by atoms with Crippen LogP contribution < -0.4 is 5.32 Å². The average molecular weight is 276 g/mol. The molecule has 2 rings (SSSR count). The van der Waals surface area contributed by atoms with Crippen LogP contribution in [0.2, 0.25) is 0 Å². The predicted molar refractivity (Wildman–Crippen MR) is 76.1 cm³/mol. The van der Waals surface area contributed by atoms with E-state index in [1.165, 1.54) is 0 Å². The molecule has 2 aliphatic rings. The lowest BCUT2D eigenvalue weighted by atomic mass is 9.96. The van der Waals surface area contributed by atoms with E-state index in [1.54, 1.807) is 0 Å². The van der Waals surface area contributed by atoms with Crippen LogP contribution in [0.4, 0.5) is 0 Å². The summed E-state index contributed by atoms with van der Waals surface area (Å²) in [5.74, 6) is 0.570. The highest BCUT2D eigenvalue weighted by atomic mass is 35.5. The molecule has 18 heavy (non-hydrogen) atoms. The summed E-state index contributed by atoms with van der Waals surface area (Å²) in [7, 11) is 4.15. The van der Waals surface area contributed by atoms with E-state index in [4.69, 9.17) is 0 Å². The van der Waals surface area contributed by atoms with Crippen LogP contribution in [0.3, 0.4) is 0 Å².